The van der Waals surface area contributed by atoms with Crippen LogP contribution in [0, 0.1) is 17.7 Å². The summed E-state index contributed by atoms with van der Waals surface area (Å²) in [5.74, 6) is 1.13. The molecule has 0 unspecified atom stereocenters. The number of carbonyl (C=O) groups is 1. The van der Waals surface area contributed by atoms with Gasteiger partial charge in [0.15, 0.2) is 0 Å². The molecule has 3 aliphatic rings. The lowest BCUT2D eigenvalue weighted by Gasteiger charge is -2.39. The van der Waals surface area contributed by atoms with Crippen LogP contribution in [-0.4, -0.2) is 47.9 Å². The fraction of sp³-hybridized carbons (Fsp3) is 0.667. The molecule has 3 fully saturated rings. The fourth-order valence-electron chi connectivity index (χ4n) is 5.04. The van der Waals surface area contributed by atoms with Crippen molar-refractivity contribution < 1.29 is 9.18 Å². The van der Waals surface area contributed by atoms with Crippen molar-refractivity contribution in [3.05, 3.63) is 35.6 Å². The van der Waals surface area contributed by atoms with Crippen molar-refractivity contribution in [3.63, 3.8) is 0 Å². The van der Waals surface area contributed by atoms with E-state index in [9.17, 15) is 9.18 Å². The maximum absolute atomic E-state index is 13.8. The van der Waals surface area contributed by atoms with E-state index in [0.717, 1.165) is 37.9 Å². The average molecular weight is 344 g/mol. The van der Waals surface area contributed by atoms with Crippen LogP contribution in [0.3, 0.4) is 0 Å². The van der Waals surface area contributed by atoms with Gasteiger partial charge in [0.05, 0.1) is 6.04 Å². The highest BCUT2D eigenvalue weighted by Crippen LogP contribution is 2.44. The lowest BCUT2D eigenvalue weighted by Crippen LogP contribution is -2.51. The molecule has 1 amide bonds. The first-order valence-electron chi connectivity index (χ1n) is 9.82. The zero-order valence-corrected chi connectivity index (χ0v) is 15.3. The number of rotatable bonds is 2. The lowest BCUT2D eigenvalue weighted by molar-refractivity contribution is -0.136. The van der Waals surface area contributed by atoms with Gasteiger partial charge in [0.1, 0.15) is 5.82 Å². The maximum Gasteiger partial charge on any atom is 0.226 e. The topological polar surface area (TPSA) is 23.6 Å². The lowest BCUT2D eigenvalue weighted by atomic mass is 9.86. The molecule has 0 aromatic heterocycles. The Kier molecular flexibility index (Phi) is 4.57. The summed E-state index contributed by atoms with van der Waals surface area (Å²) >= 11 is 0. The second-order valence-corrected chi connectivity index (χ2v) is 8.36. The van der Waals surface area contributed by atoms with Gasteiger partial charge < -0.3 is 9.80 Å². The summed E-state index contributed by atoms with van der Waals surface area (Å²) in [6.45, 7) is 3.95. The highest BCUT2D eigenvalue weighted by Gasteiger charge is 2.49. The van der Waals surface area contributed by atoms with E-state index in [1.54, 1.807) is 12.1 Å². The highest BCUT2D eigenvalue weighted by atomic mass is 19.1. The Labute approximate surface area is 150 Å². The maximum atomic E-state index is 13.8. The van der Waals surface area contributed by atoms with Crippen molar-refractivity contribution >= 4 is 5.91 Å². The van der Waals surface area contributed by atoms with Crippen molar-refractivity contribution in [1.82, 2.24) is 9.80 Å². The van der Waals surface area contributed by atoms with Gasteiger partial charge in [-0.1, -0.05) is 31.9 Å². The number of hydrogen-bond donors (Lipinski definition) is 0. The predicted octanol–water partition coefficient (Wildman–Crippen LogP) is 3.65. The van der Waals surface area contributed by atoms with E-state index >= 15 is 0 Å². The third-order valence-electron chi connectivity index (χ3n) is 6.60. The molecule has 2 saturated heterocycles. The van der Waals surface area contributed by atoms with Crippen LogP contribution in [0.1, 0.15) is 50.5 Å². The second-order valence-electron chi connectivity index (χ2n) is 8.36. The van der Waals surface area contributed by atoms with Crippen LogP contribution in [0.25, 0.3) is 0 Å². The monoisotopic (exact) mass is 344 g/mol. The van der Waals surface area contributed by atoms with Crippen LogP contribution >= 0.6 is 0 Å². The van der Waals surface area contributed by atoms with Crippen LogP contribution in [0.15, 0.2) is 24.3 Å². The molecule has 25 heavy (non-hydrogen) atoms. The van der Waals surface area contributed by atoms with Crippen LogP contribution in [0.5, 0.6) is 0 Å². The number of benzene rings is 1. The minimum absolute atomic E-state index is 0.178. The van der Waals surface area contributed by atoms with E-state index < -0.39 is 0 Å². The molecule has 1 aromatic carbocycles. The third-order valence-corrected chi connectivity index (χ3v) is 6.60. The van der Waals surface area contributed by atoms with Gasteiger partial charge in [-0.3, -0.25) is 4.79 Å². The summed E-state index contributed by atoms with van der Waals surface area (Å²) in [5.41, 5.74) is 1.04. The van der Waals surface area contributed by atoms with Crippen molar-refractivity contribution in [2.75, 3.05) is 20.1 Å². The van der Waals surface area contributed by atoms with Crippen molar-refractivity contribution in [2.24, 2.45) is 11.8 Å². The van der Waals surface area contributed by atoms with E-state index in [0.29, 0.717) is 17.9 Å². The van der Waals surface area contributed by atoms with Gasteiger partial charge in [-0.2, -0.15) is 0 Å². The number of likely N-dealkylation sites (tertiary alicyclic amines) is 2. The quantitative estimate of drug-likeness (QED) is 0.818. The molecular weight excluding hydrogens is 315 g/mol. The van der Waals surface area contributed by atoms with Crippen molar-refractivity contribution in [3.8, 4) is 0 Å². The summed E-state index contributed by atoms with van der Waals surface area (Å²) in [4.78, 5) is 17.8. The smallest absolute Gasteiger partial charge is 0.226 e. The molecule has 2 heterocycles. The van der Waals surface area contributed by atoms with Gasteiger partial charge in [0, 0.05) is 31.0 Å². The van der Waals surface area contributed by atoms with E-state index in [1.165, 1.54) is 18.9 Å². The summed E-state index contributed by atoms with van der Waals surface area (Å²) in [6.07, 6.45) is 5.69. The Balaban J connectivity index is 1.68. The van der Waals surface area contributed by atoms with Gasteiger partial charge in [-0.05, 0) is 49.9 Å². The minimum atomic E-state index is -0.178. The molecule has 1 saturated carbocycles. The third kappa shape index (κ3) is 3.21. The van der Waals surface area contributed by atoms with Crippen LogP contribution in [-0.2, 0) is 4.79 Å². The summed E-state index contributed by atoms with van der Waals surface area (Å²) in [5, 5.41) is 0. The Morgan fingerprint density at radius 3 is 2.76 bits per heavy atom. The molecule has 0 bridgehead atoms. The van der Waals surface area contributed by atoms with Crippen molar-refractivity contribution in [1.29, 1.82) is 0 Å². The number of likely N-dealkylation sites (N-methyl/N-ethyl adjacent to an activating group) is 1. The minimum Gasteiger partial charge on any atom is -0.337 e. The van der Waals surface area contributed by atoms with Crippen LogP contribution < -0.4 is 0 Å². The molecule has 4 heteroatoms. The standard InChI is InChI=1S/C21H29FN2O/c1-14-11-17(14)21(25)24-10-5-3-4-9-19-20(24)18(13-23(19)2)15-7-6-8-16(22)12-15/h6-8,12,14,17-20H,3-5,9-11,13H2,1-2H3/t14-,17+,18+,19-,20+/m1/s1. The fourth-order valence-corrected chi connectivity index (χ4v) is 5.04. The first-order valence-corrected chi connectivity index (χ1v) is 9.82. The molecule has 3 nitrogen and oxygen atoms in total. The van der Waals surface area contributed by atoms with E-state index in [4.69, 9.17) is 0 Å². The van der Waals surface area contributed by atoms with E-state index in [2.05, 4.69) is 23.8 Å². The van der Waals surface area contributed by atoms with Gasteiger partial charge in [0.25, 0.3) is 0 Å². The van der Waals surface area contributed by atoms with Crippen molar-refractivity contribution in [2.45, 2.75) is 57.0 Å². The first-order chi connectivity index (χ1) is 12.1. The predicted molar refractivity (Wildman–Crippen MR) is 96.8 cm³/mol. The largest absolute Gasteiger partial charge is 0.337 e. The molecule has 2 aliphatic heterocycles. The summed E-state index contributed by atoms with van der Waals surface area (Å²) < 4.78 is 13.8. The normalized spacial score (nSPS) is 35.8. The Hall–Kier alpha value is -1.42. The molecule has 0 spiro atoms. The molecule has 1 aromatic rings. The zero-order valence-electron chi connectivity index (χ0n) is 15.3. The number of halogens is 1. The first kappa shape index (κ1) is 17.0. The Bertz CT molecular complexity index is 649. The summed E-state index contributed by atoms with van der Waals surface area (Å²) in [6, 6.07) is 7.59. The van der Waals surface area contributed by atoms with Gasteiger partial charge in [-0.15, -0.1) is 0 Å². The summed E-state index contributed by atoms with van der Waals surface area (Å²) in [7, 11) is 2.17. The molecule has 5 atom stereocenters. The molecule has 4 rings (SSSR count). The Morgan fingerprint density at radius 1 is 1.24 bits per heavy atom. The average Bonchev–Trinajstić information content (AvgIpc) is 3.21. The second kappa shape index (κ2) is 6.71. The Morgan fingerprint density at radius 2 is 2.04 bits per heavy atom. The molecule has 1 aliphatic carbocycles. The van der Waals surface area contributed by atoms with E-state index in [1.807, 2.05) is 6.07 Å². The number of carbonyl (C=O) groups excluding carboxylic acids is 1. The van der Waals surface area contributed by atoms with Gasteiger partial charge in [-0.25, -0.2) is 4.39 Å². The number of amides is 1. The number of hydrogen-bond acceptors (Lipinski definition) is 2. The molecular formula is C21H29FN2O. The molecule has 0 radical (unpaired) electrons. The van der Waals surface area contributed by atoms with Crippen LogP contribution in [0.4, 0.5) is 4.39 Å². The highest BCUT2D eigenvalue weighted by molar-refractivity contribution is 5.82. The molecule has 0 N–H and O–H groups in total. The zero-order chi connectivity index (χ0) is 17.6. The van der Waals surface area contributed by atoms with Gasteiger partial charge in [0.2, 0.25) is 5.91 Å². The number of fused-ring (bicyclic) bond motifs is 1. The van der Waals surface area contributed by atoms with Gasteiger partial charge >= 0.3 is 0 Å². The number of nitrogens with zero attached hydrogens (tertiary/aromatic N) is 2. The van der Waals surface area contributed by atoms with Crippen LogP contribution in [0.2, 0.25) is 0 Å². The van der Waals surface area contributed by atoms with E-state index in [-0.39, 0.29) is 23.7 Å². The molecule has 136 valence electrons. The SMILES string of the molecule is C[C@@H]1C[C@@H]1C(=O)N1CCCCC[C@@H]2[C@@H]1[C@H](c1cccc(F)c1)CN2C.